The van der Waals surface area contributed by atoms with Crippen LogP contribution in [-0.2, 0) is 99.7 Å². The first-order valence-corrected chi connectivity index (χ1v) is 35.5. The summed E-state index contributed by atoms with van der Waals surface area (Å²) in [6, 6.07) is -7.39. The zero-order chi connectivity index (χ0) is 81.8. The van der Waals surface area contributed by atoms with Gasteiger partial charge in [-0.2, -0.15) is 0 Å². The fraction of sp³-hybridized carbons (Fsp3) is 0.935. The van der Waals surface area contributed by atoms with Crippen molar-refractivity contribution in [3.63, 3.8) is 0 Å². The highest BCUT2D eigenvalue weighted by atomic mass is 16.8. The number of carbonyl (C=O) groups is 4. The van der Waals surface area contributed by atoms with Gasteiger partial charge < -0.3 is 224 Å². The molecule has 9 fully saturated rings. The molecule has 49 nitrogen and oxygen atoms in total. The van der Waals surface area contributed by atoms with Gasteiger partial charge in [-0.1, -0.05) is 0 Å². The van der Waals surface area contributed by atoms with Gasteiger partial charge in [0.05, 0.1) is 59.0 Å². The van der Waals surface area contributed by atoms with Crippen molar-refractivity contribution in [1.29, 1.82) is 0 Å². The van der Waals surface area contributed by atoms with E-state index in [4.69, 9.17) is 80.5 Å². The molecule has 0 aromatic heterocycles. The van der Waals surface area contributed by atoms with E-state index in [2.05, 4.69) is 21.3 Å². The highest BCUT2D eigenvalue weighted by molar-refractivity contribution is 5.74. The molecule has 0 saturated carbocycles. The first kappa shape index (κ1) is 91.1. The molecule has 28 N–H and O–H groups in total. The first-order chi connectivity index (χ1) is 52.4. The molecule has 0 radical (unpaired) electrons. The molecule has 642 valence electrons. The quantitative estimate of drug-likeness (QED) is 0.0346. The van der Waals surface area contributed by atoms with Gasteiger partial charge in [-0.15, -0.1) is 0 Å². The zero-order valence-electron chi connectivity index (χ0n) is 59.9. The molecule has 49 heteroatoms. The smallest absolute Gasteiger partial charge is 0.217 e. The Kier molecular flexibility index (Phi) is 32.6. The molecule has 1 unspecified atom stereocenters. The second kappa shape index (κ2) is 39.7. The molecule has 111 heavy (non-hydrogen) atoms. The van der Waals surface area contributed by atoms with Gasteiger partial charge in [0.25, 0.3) is 0 Å². The van der Waals surface area contributed by atoms with Crippen molar-refractivity contribution in [2.45, 2.75) is 311 Å². The molecular formula is C62H104N4O45. The van der Waals surface area contributed by atoms with Crippen LogP contribution in [0.4, 0.5) is 0 Å². The van der Waals surface area contributed by atoms with Gasteiger partial charge in [0, 0.05) is 27.7 Å². The molecular weight excluding hydrogens is 1520 g/mol. The van der Waals surface area contributed by atoms with E-state index < -0.39 is 353 Å². The van der Waals surface area contributed by atoms with Gasteiger partial charge >= 0.3 is 0 Å². The predicted octanol–water partition coefficient (Wildman–Crippen LogP) is -19.0. The van der Waals surface area contributed by atoms with E-state index in [0.717, 1.165) is 27.7 Å². The lowest BCUT2D eigenvalue weighted by Crippen LogP contribution is -2.71. The fourth-order valence-corrected chi connectivity index (χ4v) is 14.3. The van der Waals surface area contributed by atoms with Crippen LogP contribution in [0.2, 0.25) is 0 Å². The van der Waals surface area contributed by atoms with Crippen LogP contribution < -0.4 is 21.3 Å². The molecule has 4 amide bonds. The lowest BCUT2D eigenvalue weighted by atomic mass is 9.93. The highest BCUT2D eigenvalue weighted by Crippen LogP contribution is 2.40. The Labute approximate surface area is 629 Å². The van der Waals surface area contributed by atoms with Crippen LogP contribution in [0.5, 0.6) is 0 Å². The molecule has 9 aliphatic heterocycles. The normalized spacial score (nSPS) is 49.3. The minimum Gasteiger partial charge on any atom is -0.394 e. The van der Waals surface area contributed by atoms with Crippen molar-refractivity contribution in [2.24, 2.45) is 0 Å². The van der Waals surface area contributed by atoms with E-state index >= 15 is 0 Å². The SMILES string of the molecule is CC(=O)N[C@H]1[C@H](O[C@H]2[C@H](O)[C@@H](NC(C)=O)C(O)O[C@@H]2CO[C@H]2O[C@H](C)[C@H](O)[C@H](O)[C@H]2O)O[C@H](CO)[C@@H](O[C@@H]2O[C@H](CO[C@H]3O[C@H](CO)[C@@H](O)[C@H](O)[C@H]3O[C@@H]3O[C@H](CO)[C@@H](O[C@@H]4O[C@H](CO)[C@H](O)[C@H](O)[C@H]4O)[C@H](O)[C@H]3NC(C)=O)[C@@H](O)[C@H](O[C@H]3O[C@H](CO)[C@@H](O)[C@H](O)[C@H]3O[C@@H]3O[C@H](CO)[C@@H](O)[C@H](O)[C@H]3NC(C)=O)[C@@H]2O)[C@@H]1O. The van der Waals surface area contributed by atoms with Crippen molar-refractivity contribution >= 4 is 23.6 Å². The van der Waals surface area contributed by atoms with Gasteiger partial charge in [-0.05, 0) is 6.92 Å². The third-order valence-corrected chi connectivity index (χ3v) is 20.3. The van der Waals surface area contributed by atoms with Crippen LogP contribution in [0, 0.1) is 0 Å². The Morgan fingerprint density at radius 1 is 0.252 bits per heavy atom. The summed E-state index contributed by atoms with van der Waals surface area (Å²) in [4.78, 5) is 50.9. The largest absolute Gasteiger partial charge is 0.394 e. The van der Waals surface area contributed by atoms with Crippen LogP contribution in [0.3, 0.4) is 0 Å². The average molecular weight is 1630 g/mol. The Morgan fingerprint density at radius 2 is 0.559 bits per heavy atom. The summed E-state index contributed by atoms with van der Waals surface area (Å²) < 4.78 is 101. The molecule has 0 aliphatic carbocycles. The number of hydrogen-bond donors (Lipinski definition) is 28. The van der Waals surface area contributed by atoms with Crippen LogP contribution in [0.25, 0.3) is 0 Å². The summed E-state index contributed by atoms with van der Waals surface area (Å²) in [6.45, 7) is -3.36. The number of hydrogen-bond acceptors (Lipinski definition) is 45. The van der Waals surface area contributed by atoms with Crippen LogP contribution >= 0.6 is 0 Å². The molecule has 45 atom stereocenters. The summed E-state index contributed by atoms with van der Waals surface area (Å²) in [6.07, 6.45) is -83.2. The molecule has 9 saturated heterocycles. The Morgan fingerprint density at radius 3 is 1.03 bits per heavy atom. The molecule has 0 aromatic carbocycles. The standard InChI is InChI=1S/C62H104N4O45/c1-14-31(77)41(87)45(91)58(97-14)95-13-26-50(38(84)27(54(94)98-26)63-15(2)73)106-56-29(65-17(4)75)39(85)49(24(11-72)103-56)108-60-47(93)51(109-62-53(44(90)35(81)22(9-70)102-62)111-55-28(64-16(3)74)37(83)32(78)19(6-67)99-55)36(82)25(105-60)12-96-61-52(43(89)34(80)21(8-69)101-61)110-57-30(66-18(5)76)40(86)48(23(10-71)104-57)107-59-46(92)42(88)33(79)20(7-68)100-59/h14,19-62,67-72,77-94H,6-13H2,1-5H3,(H,63,73)(H,64,74)(H,65,75)(H,66,76)/t14-,19-,20-,21-,22-,23-,24-,25-,26-,27-,28-,29-,30-,31+,32-,33+,34-,35-,36-,37-,38-,39-,40-,41+,42+,43+,44+,45-,46-,47+,48-,49-,50-,51+,52-,53-,54?,55+,56+,57+,58+,59+,60+,61+,62-/m1/s1. The lowest BCUT2D eigenvalue weighted by molar-refractivity contribution is -0.396. The molecule has 9 aliphatic rings. The van der Waals surface area contributed by atoms with E-state index in [0.29, 0.717) is 0 Å². The van der Waals surface area contributed by atoms with Crippen LogP contribution in [0.15, 0.2) is 0 Å². The van der Waals surface area contributed by atoms with E-state index in [1.165, 1.54) is 6.92 Å². The Bertz CT molecular complexity index is 2950. The number of nitrogens with one attached hydrogen (secondary N) is 4. The number of amides is 4. The third-order valence-electron chi connectivity index (χ3n) is 20.3. The third kappa shape index (κ3) is 20.3. The molecule has 0 bridgehead atoms. The van der Waals surface area contributed by atoms with E-state index in [1.807, 2.05) is 0 Å². The molecule has 9 heterocycles. The molecule has 9 rings (SSSR count). The zero-order valence-corrected chi connectivity index (χ0v) is 59.9. The van der Waals surface area contributed by atoms with Crippen LogP contribution in [-0.4, -0.2) is 475 Å². The monoisotopic (exact) mass is 1620 g/mol. The summed E-state index contributed by atoms with van der Waals surface area (Å²) in [5, 5.41) is 276. The van der Waals surface area contributed by atoms with Crippen LogP contribution in [0.1, 0.15) is 34.6 Å². The van der Waals surface area contributed by atoms with E-state index in [-0.39, 0.29) is 0 Å². The number of aliphatic hydroxyl groups excluding tert-OH is 24. The highest BCUT2D eigenvalue weighted by Gasteiger charge is 2.61. The lowest BCUT2D eigenvalue weighted by Gasteiger charge is -2.51. The average Bonchev–Trinajstić information content (AvgIpc) is 0.782. The fourth-order valence-electron chi connectivity index (χ4n) is 14.3. The second-order valence-electron chi connectivity index (χ2n) is 28.2. The summed E-state index contributed by atoms with van der Waals surface area (Å²) in [7, 11) is 0. The maximum absolute atomic E-state index is 13.2. The summed E-state index contributed by atoms with van der Waals surface area (Å²) >= 11 is 0. The van der Waals surface area contributed by atoms with Crippen molar-refractivity contribution < 1.29 is 222 Å². The van der Waals surface area contributed by atoms with Crippen molar-refractivity contribution in [3.05, 3.63) is 0 Å². The number of aliphatic hydroxyl groups is 24. The number of carbonyl (C=O) groups excluding carboxylic acids is 4. The van der Waals surface area contributed by atoms with E-state index in [9.17, 15) is 142 Å². The van der Waals surface area contributed by atoms with Gasteiger partial charge in [0.15, 0.2) is 56.6 Å². The van der Waals surface area contributed by atoms with Crippen molar-refractivity contribution in [1.82, 2.24) is 21.3 Å². The van der Waals surface area contributed by atoms with E-state index in [1.54, 1.807) is 0 Å². The van der Waals surface area contributed by atoms with Gasteiger partial charge in [-0.3, -0.25) is 19.2 Å². The maximum Gasteiger partial charge on any atom is 0.217 e. The topological polar surface area (TPSA) is 759 Å². The maximum atomic E-state index is 13.2. The Balaban J connectivity index is 1.05. The van der Waals surface area contributed by atoms with Crippen molar-refractivity contribution in [3.8, 4) is 0 Å². The minimum atomic E-state index is -2.55. The summed E-state index contributed by atoms with van der Waals surface area (Å²) in [5.41, 5.74) is 0. The predicted molar refractivity (Wildman–Crippen MR) is 342 cm³/mol. The summed E-state index contributed by atoms with van der Waals surface area (Å²) in [5.74, 6) is -3.59. The minimum absolute atomic E-state index is 0.827. The second-order valence-corrected chi connectivity index (χ2v) is 28.2. The Hall–Kier alpha value is -3.76. The van der Waals surface area contributed by atoms with Gasteiger partial charge in [0.1, 0.15) is 213 Å². The van der Waals surface area contributed by atoms with Crippen molar-refractivity contribution in [2.75, 3.05) is 52.9 Å². The number of rotatable bonds is 28. The molecule has 0 spiro atoms. The number of ether oxygens (including phenoxy) is 17. The van der Waals surface area contributed by atoms with Gasteiger partial charge in [0.2, 0.25) is 23.6 Å². The van der Waals surface area contributed by atoms with Gasteiger partial charge in [-0.25, -0.2) is 0 Å². The molecule has 0 aromatic rings. The first-order valence-electron chi connectivity index (χ1n) is 35.5.